The fourth-order valence-electron chi connectivity index (χ4n) is 2.28. The van der Waals surface area contributed by atoms with Gasteiger partial charge in [-0.05, 0) is 26.8 Å². The average Bonchev–Trinajstić information content (AvgIpc) is 2.91. The minimum Gasteiger partial charge on any atom is -0.357 e. The van der Waals surface area contributed by atoms with E-state index in [-0.39, 0.29) is 29.7 Å². The summed E-state index contributed by atoms with van der Waals surface area (Å²) in [6.07, 6.45) is 1.69. The van der Waals surface area contributed by atoms with Gasteiger partial charge in [-0.15, -0.1) is 24.0 Å². The van der Waals surface area contributed by atoms with Gasteiger partial charge in [0, 0.05) is 25.8 Å². The highest BCUT2D eigenvalue weighted by atomic mass is 127. The molecule has 0 aromatic carbocycles. The van der Waals surface area contributed by atoms with E-state index in [1.165, 1.54) is 0 Å². The number of aliphatic imine (C=N–C) groups is 1. The zero-order valence-corrected chi connectivity index (χ0v) is 16.3. The zero-order valence-electron chi connectivity index (χ0n) is 13.2. The Morgan fingerprint density at radius 1 is 1.55 bits per heavy atom. The van der Waals surface area contributed by atoms with Crippen molar-refractivity contribution in [2.45, 2.75) is 32.1 Å². The molecule has 1 aliphatic heterocycles. The van der Waals surface area contributed by atoms with Crippen molar-refractivity contribution in [1.82, 2.24) is 20.4 Å². The van der Waals surface area contributed by atoms with E-state index < -0.39 is 14.6 Å². The molecular weight excluding hydrogens is 417 g/mol. The minimum absolute atomic E-state index is 0. The van der Waals surface area contributed by atoms with E-state index in [4.69, 9.17) is 0 Å². The van der Waals surface area contributed by atoms with Crippen LogP contribution in [0.25, 0.3) is 0 Å². The maximum absolute atomic E-state index is 12.1. The lowest BCUT2D eigenvalue weighted by Crippen LogP contribution is -2.57. The van der Waals surface area contributed by atoms with Crippen LogP contribution in [-0.2, 0) is 16.4 Å². The predicted molar refractivity (Wildman–Crippen MR) is 98.3 cm³/mol. The highest BCUT2D eigenvalue weighted by Gasteiger charge is 2.40. The molecule has 1 aromatic heterocycles. The van der Waals surface area contributed by atoms with E-state index in [0.29, 0.717) is 19.6 Å². The number of hydrogen-bond acceptors (Lipinski definition) is 4. The molecule has 2 rings (SSSR count). The van der Waals surface area contributed by atoms with Gasteiger partial charge in [0.25, 0.3) is 0 Å². The lowest BCUT2D eigenvalue weighted by molar-refractivity contribution is 0.353. The number of nitrogens with one attached hydrogen (secondary N) is 2. The molecule has 22 heavy (non-hydrogen) atoms. The summed E-state index contributed by atoms with van der Waals surface area (Å²) in [6, 6.07) is 1.87. The molecule has 0 unspecified atom stereocenters. The molecule has 1 saturated heterocycles. The molecule has 0 radical (unpaired) electrons. The third-order valence-electron chi connectivity index (χ3n) is 3.64. The Labute approximate surface area is 148 Å². The van der Waals surface area contributed by atoms with Gasteiger partial charge < -0.3 is 10.2 Å². The number of aromatic amines is 1. The largest absolute Gasteiger partial charge is 0.357 e. The highest BCUT2D eigenvalue weighted by Crippen LogP contribution is 2.23. The molecule has 0 saturated carbocycles. The standard InChI is InChI=1S/C13H23N5O2S.HI/c1-4-14-12(15-9-11-5-6-16-17-11)18-7-8-21(19,20)13(2,3)10-18;/h5-6H,4,7-10H2,1-3H3,(H,14,15)(H,16,17);1H. The van der Waals surface area contributed by atoms with Crippen LogP contribution < -0.4 is 5.32 Å². The number of sulfone groups is 1. The Bertz CT molecular complexity index is 598. The van der Waals surface area contributed by atoms with Crippen molar-refractivity contribution in [3.8, 4) is 0 Å². The van der Waals surface area contributed by atoms with Crippen LogP contribution in [0.5, 0.6) is 0 Å². The Balaban J connectivity index is 0.00000242. The van der Waals surface area contributed by atoms with Crippen molar-refractivity contribution < 1.29 is 8.42 Å². The summed E-state index contributed by atoms with van der Waals surface area (Å²) < 4.78 is 23.4. The smallest absolute Gasteiger partial charge is 0.194 e. The topological polar surface area (TPSA) is 90.4 Å². The fraction of sp³-hybridized carbons (Fsp3) is 0.692. The summed E-state index contributed by atoms with van der Waals surface area (Å²) in [6.45, 7) is 7.69. The molecule has 9 heteroatoms. The Morgan fingerprint density at radius 3 is 2.82 bits per heavy atom. The monoisotopic (exact) mass is 441 g/mol. The molecule has 1 fully saturated rings. The summed E-state index contributed by atoms with van der Waals surface area (Å²) in [5.41, 5.74) is 0.925. The van der Waals surface area contributed by atoms with Crippen LogP contribution in [0.2, 0.25) is 0 Å². The van der Waals surface area contributed by atoms with Gasteiger partial charge in [-0.2, -0.15) is 5.10 Å². The van der Waals surface area contributed by atoms with Crippen molar-refractivity contribution in [3.05, 3.63) is 18.0 Å². The fourth-order valence-corrected chi connectivity index (χ4v) is 3.65. The first-order valence-corrected chi connectivity index (χ1v) is 8.75. The van der Waals surface area contributed by atoms with Gasteiger partial charge in [0.1, 0.15) is 0 Å². The third-order valence-corrected chi connectivity index (χ3v) is 6.17. The molecule has 0 spiro atoms. The summed E-state index contributed by atoms with van der Waals surface area (Å²) in [7, 11) is -3.04. The predicted octanol–water partition coefficient (Wildman–Crippen LogP) is 1.00. The average molecular weight is 441 g/mol. The lowest BCUT2D eigenvalue weighted by Gasteiger charge is -2.39. The van der Waals surface area contributed by atoms with E-state index in [0.717, 1.165) is 18.2 Å². The van der Waals surface area contributed by atoms with Crippen LogP contribution in [0.15, 0.2) is 17.3 Å². The van der Waals surface area contributed by atoms with Crippen LogP contribution in [0.4, 0.5) is 0 Å². The van der Waals surface area contributed by atoms with Gasteiger partial charge in [0.05, 0.1) is 22.7 Å². The Kier molecular flexibility index (Phi) is 6.65. The molecule has 1 aliphatic rings. The van der Waals surface area contributed by atoms with Gasteiger partial charge in [-0.25, -0.2) is 13.4 Å². The van der Waals surface area contributed by atoms with Gasteiger partial charge >= 0.3 is 0 Å². The molecule has 2 N–H and O–H groups in total. The van der Waals surface area contributed by atoms with E-state index in [1.54, 1.807) is 20.0 Å². The van der Waals surface area contributed by atoms with Crippen molar-refractivity contribution in [2.75, 3.05) is 25.4 Å². The van der Waals surface area contributed by atoms with Gasteiger partial charge in [0.15, 0.2) is 15.8 Å². The van der Waals surface area contributed by atoms with Crippen LogP contribution >= 0.6 is 24.0 Å². The van der Waals surface area contributed by atoms with Crippen LogP contribution in [0, 0.1) is 0 Å². The second-order valence-corrected chi connectivity index (χ2v) is 8.50. The molecule has 2 heterocycles. The second-order valence-electron chi connectivity index (χ2n) is 5.75. The number of guanidine groups is 1. The molecule has 1 aromatic rings. The highest BCUT2D eigenvalue weighted by molar-refractivity contribution is 14.0. The van der Waals surface area contributed by atoms with E-state index >= 15 is 0 Å². The lowest BCUT2D eigenvalue weighted by atomic mass is 10.2. The normalized spacial score (nSPS) is 20.3. The molecule has 0 aliphatic carbocycles. The van der Waals surface area contributed by atoms with Crippen LogP contribution in [0.3, 0.4) is 0 Å². The van der Waals surface area contributed by atoms with E-state index in [9.17, 15) is 8.42 Å². The maximum Gasteiger partial charge on any atom is 0.194 e. The number of nitrogens with zero attached hydrogens (tertiary/aromatic N) is 3. The number of H-pyrrole nitrogens is 1. The van der Waals surface area contributed by atoms with Crippen LogP contribution in [-0.4, -0.2) is 59.6 Å². The van der Waals surface area contributed by atoms with Gasteiger partial charge in [0.2, 0.25) is 0 Å². The number of halogens is 1. The number of rotatable bonds is 3. The number of hydrogen-bond donors (Lipinski definition) is 2. The van der Waals surface area contributed by atoms with Gasteiger partial charge in [-0.3, -0.25) is 5.10 Å². The summed E-state index contributed by atoms with van der Waals surface area (Å²) in [4.78, 5) is 6.57. The minimum atomic E-state index is -3.04. The molecule has 0 bridgehead atoms. The summed E-state index contributed by atoms with van der Waals surface area (Å²) in [5, 5.41) is 9.99. The quantitative estimate of drug-likeness (QED) is 0.415. The molecule has 0 atom stereocenters. The summed E-state index contributed by atoms with van der Waals surface area (Å²) >= 11 is 0. The van der Waals surface area contributed by atoms with Gasteiger partial charge in [-0.1, -0.05) is 0 Å². The molecule has 126 valence electrons. The molecular formula is C13H24IN5O2S. The maximum atomic E-state index is 12.1. The Morgan fingerprint density at radius 2 is 2.27 bits per heavy atom. The number of aromatic nitrogens is 2. The van der Waals surface area contributed by atoms with Crippen molar-refractivity contribution in [1.29, 1.82) is 0 Å². The van der Waals surface area contributed by atoms with Crippen molar-refractivity contribution in [2.24, 2.45) is 4.99 Å². The Hall–Kier alpha value is -0.840. The zero-order chi connectivity index (χ0) is 15.5. The third kappa shape index (κ3) is 4.34. The summed E-state index contributed by atoms with van der Waals surface area (Å²) in [5.74, 6) is 0.907. The SMILES string of the molecule is CCNC(=NCc1ccn[nH]1)N1CCS(=O)(=O)C(C)(C)C1.I. The van der Waals surface area contributed by atoms with E-state index in [1.807, 2.05) is 17.9 Å². The molecule has 0 amide bonds. The first-order valence-electron chi connectivity index (χ1n) is 7.09. The van der Waals surface area contributed by atoms with Crippen LogP contribution in [0.1, 0.15) is 26.5 Å². The second kappa shape index (κ2) is 7.62. The first-order chi connectivity index (χ1) is 9.86. The first kappa shape index (κ1) is 19.2. The molecule has 7 nitrogen and oxygen atoms in total. The van der Waals surface area contributed by atoms with E-state index in [2.05, 4.69) is 20.5 Å². The van der Waals surface area contributed by atoms with Crippen molar-refractivity contribution >= 4 is 39.8 Å². The van der Waals surface area contributed by atoms with Crippen molar-refractivity contribution in [3.63, 3.8) is 0 Å².